The molecule has 4 nitrogen and oxygen atoms in total. The van der Waals surface area contributed by atoms with E-state index < -0.39 is 6.17 Å². The molecule has 184 valence electrons. The molecule has 4 unspecified atom stereocenters. The van der Waals surface area contributed by atoms with Crippen molar-refractivity contribution in [2.45, 2.75) is 62.2 Å². The Labute approximate surface area is 203 Å². The largest absolute Gasteiger partial charge is 0.371 e. The summed E-state index contributed by atoms with van der Waals surface area (Å²) in [4.78, 5) is 11.6. The maximum Gasteiger partial charge on any atom is 0.148 e. The van der Waals surface area contributed by atoms with E-state index in [2.05, 4.69) is 4.72 Å². The highest BCUT2D eigenvalue weighted by molar-refractivity contribution is 7.98. The van der Waals surface area contributed by atoms with Gasteiger partial charge in [-0.05, 0) is 62.1 Å². The molecule has 1 aliphatic carbocycles. The molecule has 0 amide bonds. The van der Waals surface area contributed by atoms with Crippen molar-refractivity contribution in [3.05, 3.63) is 59.2 Å². The van der Waals surface area contributed by atoms with Gasteiger partial charge in [-0.3, -0.25) is 9.62 Å². The second kappa shape index (κ2) is 11.2. The summed E-state index contributed by atoms with van der Waals surface area (Å²) in [5.74, 6) is -0.728. The van der Waals surface area contributed by atoms with E-state index in [1.807, 2.05) is 11.9 Å². The van der Waals surface area contributed by atoms with Crippen molar-refractivity contribution < 1.29 is 22.7 Å². The molecule has 3 fully saturated rings. The molecule has 0 aromatic heterocycles. The number of rotatable bonds is 7. The van der Waals surface area contributed by atoms with E-state index in [1.165, 1.54) is 25.0 Å². The number of benzene rings is 2. The third-order valence-electron chi connectivity index (χ3n) is 6.47. The van der Waals surface area contributed by atoms with Crippen LogP contribution in [0.15, 0.2) is 36.4 Å². The summed E-state index contributed by atoms with van der Waals surface area (Å²) in [7, 11) is 1.89. The second-order valence-corrected chi connectivity index (χ2v) is 10.5. The summed E-state index contributed by atoms with van der Waals surface area (Å²) in [5, 5.41) is 0.579. The fourth-order valence-corrected chi connectivity index (χ4v) is 5.30. The van der Waals surface area contributed by atoms with Crippen molar-refractivity contribution in [2.75, 3.05) is 20.2 Å². The molecule has 3 aliphatic rings. The van der Waals surface area contributed by atoms with Gasteiger partial charge in [-0.2, -0.15) is 0 Å². The first-order valence-electron chi connectivity index (χ1n) is 11.7. The molecule has 5 rings (SSSR count). The number of carbonyl (C=O) groups is 1. The molecule has 0 radical (unpaired) electrons. The zero-order chi connectivity index (χ0) is 24.2. The van der Waals surface area contributed by atoms with Gasteiger partial charge < -0.3 is 9.53 Å². The molecule has 2 aromatic rings. The number of aldehydes is 1. The highest BCUT2D eigenvalue weighted by atomic mass is 32.2. The average molecular weight is 493 g/mol. The first-order valence-corrected chi connectivity index (χ1v) is 12.6. The van der Waals surface area contributed by atoms with E-state index >= 15 is 4.39 Å². The van der Waals surface area contributed by atoms with Crippen LogP contribution in [-0.4, -0.2) is 61.0 Å². The number of nitrogens with one attached hydrogen (secondary N) is 1. The van der Waals surface area contributed by atoms with Gasteiger partial charge in [-0.25, -0.2) is 13.2 Å². The summed E-state index contributed by atoms with van der Waals surface area (Å²) >= 11 is 1.62. The van der Waals surface area contributed by atoms with Crippen LogP contribution in [0.5, 0.6) is 0 Å². The quantitative estimate of drug-likeness (QED) is 0.441. The normalized spacial score (nSPS) is 26.5. The van der Waals surface area contributed by atoms with Gasteiger partial charge in [0.15, 0.2) is 0 Å². The number of likely N-dealkylation sites (N-methyl/N-ethyl adjacent to an activating group) is 1. The van der Waals surface area contributed by atoms with E-state index in [-0.39, 0.29) is 29.8 Å². The Morgan fingerprint density at radius 2 is 1.97 bits per heavy atom. The Hall–Kier alpha value is -1.87. The molecule has 1 saturated carbocycles. The SMILES string of the molecule is Cc1cc(F)cc(-c2cccc(CC3C(NSC4CC4)C(F)CN3C)c2F)c1.O=CC1CCO1. The molecule has 2 heterocycles. The number of hydrogen-bond acceptors (Lipinski definition) is 5. The minimum Gasteiger partial charge on any atom is -0.371 e. The number of carbonyl (C=O) groups excluding carboxylic acids is 1. The van der Waals surface area contributed by atoms with Crippen LogP contribution in [0.4, 0.5) is 13.2 Å². The summed E-state index contributed by atoms with van der Waals surface area (Å²) in [5.41, 5.74) is 2.19. The minimum atomic E-state index is -0.974. The van der Waals surface area contributed by atoms with Crippen molar-refractivity contribution in [2.24, 2.45) is 0 Å². The van der Waals surface area contributed by atoms with Crippen LogP contribution >= 0.6 is 11.9 Å². The third-order valence-corrected chi connectivity index (χ3v) is 7.69. The predicted molar refractivity (Wildman–Crippen MR) is 130 cm³/mol. The third kappa shape index (κ3) is 6.22. The van der Waals surface area contributed by atoms with Crippen molar-refractivity contribution in [1.29, 1.82) is 0 Å². The van der Waals surface area contributed by atoms with Gasteiger partial charge >= 0.3 is 0 Å². The number of ether oxygens (including phenoxy) is 1. The number of hydrogen-bond donors (Lipinski definition) is 1. The fraction of sp³-hybridized carbons (Fsp3) is 0.500. The zero-order valence-electron chi connectivity index (χ0n) is 19.5. The van der Waals surface area contributed by atoms with Crippen molar-refractivity contribution >= 4 is 18.2 Å². The van der Waals surface area contributed by atoms with Gasteiger partial charge in [0.25, 0.3) is 0 Å². The van der Waals surface area contributed by atoms with Crippen LogP contribution in [0.2, 0.25) is 0 Å². The zero-order valence-corrected chi connectivity index (χ0v) is 20.3. The monoisotopic (exact) mass is 492 g/mol. The van der Waals surface area contributed by atoms with Crippen LogP contribution in [0.1, 0.15) is 30.4 Å². The lowest BCUT2D eigenvalue weighted by atomic mass is 9.95. The van der Waals surface area contributed by atoms with E-state index in [1.54, 1.807) is 43.1 Å². The molecule has 2 aliphatic heterocycles. The van der Waals surface area contributed by atoms with E-state index in [4.69, 9.17) is 4.74 Å². The van der Waals surface area contributed by atoms with Crippen molar-refractivity contribution in [3.63, 3.8) is 0 Å². The van der Waals surface area contributed by atoms with Crippen LogP contribution in [0, 0.1) is 18.6 Å². The Kier molecular flexibility index (Phi) is 8.34. The van der Waals surface area contributed by atoms with Gasteiger partial charge in [0.2, 0.25) is 0 Å². The molecular formula is C26H31F3N2O2S. The Morgan fingerprint density at radius 3 is 2.56 bits per heavy atom. The number of alkyl halides is 1. The summed E-state index contributed by atoms with van der Waals surface area (Å²) in [6.07, 6.45) is 3.47. The maximum atomic E-state index is 15.3. The summed E-state index contributed by atoms with van der Waals surface area (Å²) in [6, 6.07) is 9.31. The van der Waals surface area contributed by atoms with Crippen LogP contribution in [-0.2, 0) is 16.0 Å². The van der Waals surface area contributed by atoms with E-state index in [9.17, 15) is 13.6 Å². The molecule has 0 bridgehead atoms. The van der Waals surface area contributed by atoms with Gasteiger partial charge in [0.1, 0.15) is 30.2 Å². The van der Waals surface area contributed by atoms with Gasteiger partial charge in [-0.15, -0.1) is 0 Å². The summed E-state index contributed by atoms with van der Waals surface area (Å²) < 4.78 is 51.6. The van der Waals surface area contributed by atoms with Crippen molar-refractivity contribution in [3.8, 4) is 11.1 Å². The smallest absolute Gasteiger partial charge is 0.148 e. The molecular weight excluding hydrogens is 461 g/mol. The Morgan fingerprint density at radius 1 is 1.21 bits per heavy atom. The first-order chi connectivity index (χ1) is 16.4. The standard InChI is InChI=1S/C22H25F3N2S.C4H6O2/c1-13-8-15(10-16(23)9-13)18-5-3-4-14(21(18)25)11-20-22(19(24)12-27(20)2)26-28-17-6-7-17;5-3-4-1-2-6-4/h3-5,8-10,17,19-20,22,26H,6-7,11-12H2,1-2H3;3-4H,1-2H2. The molecule has 1 N–H and O–H groups in total. The number of likely N-dealkylation sites (tertiary alicyclic amines) is 1. The van der Waals surface area contributed by atoms with E-state index in [0.29, 0.717) is 34.9 Å². The molecule has 4 atom stereocenters. The lowest BCUT2D eigenvalue weighted by Gasteiger charge is -2.26. The predicted octanol–water partition coefficient (Wildman–Crippen LogP) is 4.88. The number of aryl methyl sites for hydroxylation is 1. The average Bonchev–Trinajstić information content (AvgIpc) is 3.53. The van der Waals surface area contributed by atoms with E-state index in [0.717, 1.165) is 24.9 Å². The highest BCUT2D eigenvalue weighted by Gasteiger charge is 2.41. The molecule has 0 spiro atoms. The fourth-order valence-electron chi connectivity index (χ4n) is 4.27. The molecule has 34 heavy (non-hydrogen) atoms. The lowest BCUT2D eigenvalue weighted by molar-refractivity contribution is -0.129. The van der Waals surface area contributed by atoms with Crippen LogP contribution in [0.25, 0.3) is 11.1 Å². The lowest BCUT2D eigenvalue weighted by Crippen LogP contribution is -2.43. The molecule has 8 heteroatoms. The number of nitrogens with zero attached hydrogens (tertiary/aromatic N) is 1. The summed E-state index contributed by atoms with van der Waals surface area (Å²) in [6.45, 7) is 2.90. The molecule has 2 aromatic carbocycles. The highest BCUT2D eigenvalue weighted by Crippen LogP contribution is 2.35. The van der Waals surface area contributed by atoms with Crippen LogP contribution in [0.3, 0.4) is 0 Å². The van der Waals surface area contributed by atoms with Gasteiger partial charge in [-0.1, -0.05) is 36.2 Å². The Bertz CT molecular complexity index is 980. The van der Waals surface area contributed by atoms with Gasteiger partial charge in [0.05, 0.1) is 12.6 Å². The topological polar surface area (TPSA) is 41.6 Å². The Balaban J connectivity index is 0.000000398. The maximum absolute atomic E-state index is 15.3. The van der Waals surface area contributed by atoms with Crippen molar-refractivity contribution in [1.82, 2.24) is 9.62 Å². The molecule has 2 saturated heterocycles. The van der Waals surface area contributed by atoms with Gasteiger partial charge in [0, 0.05) is 29.8 Å². The van der Waals surface area contributed by atoms with Crippen LogP contribution < -0.4 is 4.72 Å². The first kappa shape index (κ1) is 25.2. The minimum absolute atomic E-state index is 0.0648. The number of halogens is 3. The second-order valence-electron chi connectivity index (χ2n) is 9.32.